The summed E-state index contributed by atoms with van der Waals surface area (Å²) in [5.41, 5.74) is 2.02. The van der Waals surface area contributed by atoms with Gasteiger partial charge in [0.2, 0.25) is 0 Å². The molecule has 0 aliphatic carbocycles. The lowest BCUT2D eigenvalue weighted by Crippen LogP contribution is -2.33. The largest absolute Gasteiger partial charge is 0.269 e. The van der Waals surface area contributed by atoms with Crippen LogP contribution >= 0.6 is 23.8 Å². The van der Waals surface area contributed by atoms with Crippen molar-refractivity contribution in [1.82, 2.24) is 14.0 Å². The molecule has 0 radical (unpaired) electrons. The molecule has 0 saturated heterocycles. The van der Waals surface area contributed by atoms with Crippen LogP contribution in [0, 0.1) is 4.77 Å². The van der Waals surface area contributed by atoms with E-state index in [4.69, 9.17) is 28.9 Å². The van der Waals surface area contributed by atoms with Crippen LogP contribution in [0.3, 0.4) is 0 Å². The second-order valence-corrected chi connectivity index (χ2v) is 11.9. The Balaban J connectivity index is 2.30. The highest BCUT2D eigenvalue weighted by Gasteiger charge is 2.24. The van der Waals surface area contributed by atoms with Crippen LogP contribution in [0.2, 0.25) is 24.7 Å². The van der Waals surface area contributed by atoms with E-state index in [0.717, 1.165) is 21.8 Å². The summed E-state index contributed by atoms with van der Waals surface area (Å²) in [7, 11) is -1.71. The van der Waals surface area contributed by atoms with Gasteiger partial charge in [-0.25, -0.2) is 0 Å². The average molecular weight is 360 g/mol. The third kappa shape index (κ3) is 3.17. The van der Waals surface area contributed by atoms with Crippen LogP contribution in [0.25, 0.3) is 17.1 Å². The molecule has 1 aromatic heterocycles. The van der Waals surface area contributed by atoms with Gasteiger partial charge in [-0.1, -0.05) is 29.8 Å². The molecule has 0 amide bonds. The number of hydrogen-bond donors (Lipinski definition) is 0. The van der Waals surface area contributed by atoms with Gasteiger partial charge in [0.1, 0.15) is 0 Å². The number of para-hydroxylation sites is 1. The Morgan fingerprint density at radius 2 is 1.57 bits per heavy atom. The van der Waals surface area contributed by atoms with Crippen LogP contribution < -0.4 is 0 Å². The SMILES string of the molecule is C[Si](C)(C)n1nc(-c2ccc(Cl)cc2)n(-c2ccccc2)c1=S. The third-order valence-corrected chi connectivity index (χ3v) is 5.88. The molecule has 0 atom stereocenters. The Labute approximate surface area is 147 Å². The van der Waals surface area contributed by atoms with Crippen molar-refractivity contribution >= 4 is 32.1 Å². The molecule has 0 saturated carbocycles. The van der Waals surface area contributed by atoms with E-state index in [9.17, 15) is 0 Å². The van der Waals surface area contributed by atoms with Gasteiger partial charge in [-0.2, -0.15) is 5.10 Å². The Kier molecular flexibility index (Phi) is 4.27. The normalized spacial score (nSPS) is 11.7. The van der Waals surface area contributed by atoms with Gasteiger partial charge in [0.25, 0.3) is 0 Å². The molecule has 0 N–H and O–H groups in total. The molecule has 3 nitrogen and oxygen atoms in total. The summed E-state index contributed by atoms with van der Waals surface area (Å²) in [6.45, 7) is 6.70. The fourth-order valence-electron chi connectivity index (χ4n) is 2.40. The van der Waals surface area contributed by atoms with E-state index >= 15 is 0 Å². The van der Waals surface area contributed by atoms with E-state index in [1.807, 2.05) is 63.5 Å². The van der Waals surface area contributed by atoms with Gasteiger partial charge in [0.05, 0.1) is 0 Å². The van der Waals surface area contributed by atoms with Gasteiger partial charge in [0, 0.05) is 16.3 Å². The van der Waals surface area contributed by atoms with Crippen LogP contribution in [0.5, 0.6) is 0 Å². The van der Waals surface area contributed by atoms with Crippen molar-refractivity contribution in [1.29, 1.82) is 0 Å². The number of halogens is 1. The molecular weight excluding hydrogens is 342 g/mol. The minimum atomic E-state index is -1.71. The summed E-state index contributed by atoms with van der Waals surface area (Å²) >= 11 is 11.8. The van der Waals surface area contributed by atoms with Crippen LogP contribution in [0.4, 0.5) is 0 Å². The Bertz CT molecular complexity index is 877. The van der Waals surface area contributed by atoms with Gasteiger partial charge >= 0.3 is 0 Å². The highest BCUT2D eigenvalue weighted by molar-refractivity contribution is 7.71. The lowest BCUT2D eigenvalue weighted by atomic mass is 10.2. The number of benzene rings is 2. The number of rotatable bonds is 3. The smallest absolute Gasteiger partial charge is 0.194 e. The Hall–Kier alpha value is -1.69. The molecule has 1 heterocycles. The quantitative estimate of drug-likeness (QED) is 0.461. The second-order valence-electron chi connectivity index (χ2n) is 6.37. The molecule has 0 spiro atoms. The van der Waals surface area contributed by atoms with Gasteiger partial charge in [-0.3, -0.25) is 8.91 Å². The molecule has 23 heavy (non-hydrogen) atoms. The molecule has 0 aliphatic rings. The minimum absolute atomic E-state index is 0.711. The van der Waals surface area contributed by atoms with E-state index in [-0.39, 0.29) is 0 Å². The highest BCUT2D eigenvalue weighted by atomic mass is 35.5. The lowest BCUT2D eigenvalue weighted by Gasteiger charge is -2.15. The van der Waals surface area contributed by atoms with Crippen LogP contribution in [-0.4, -0.2) is 22.2 Å². The molecule has 0 unspecified atom stereocenters. The first kappa shape index (κ1) is 16.2. The Morgan fingerprint density at radius 1 is 0.957 bits per heavy atom. The second kappa shape index (κ2) is 6.07. The average Bonchev–Trinajstić information content (AvgIpc) is 2.86. The van der Waals surface area contributed by atoms with E-state index < -0.39 is 8.24 Å². The molecule has 0 aliphatic heterocycles. The van der Waals surface area contributed by atoms with Crippen molar-refractivity contribution in [3.8, 4) is 17.1 Å². The summed E-state index contributed by atoms with van der Waals surface area (Å²) in [5, 5.41) is 5.56. The first-order chi connectivity index (χ1) is 10.9. The lowest BCUT2D eigenvalue weighted by molar-refractivity contribution is 0.912. The molecule has 6 heteroatoms. The predicted molar refractivity (Wildman–Crippen MR) is 102 cm³/mol. The standard InChI is InChI=1S/C17H18ClN3SSi/c1-23(2,3)21-17(22)20(15-7-5-4-6-8-15)16(19-21)13-9-11-14(18)12-10-13/h4-12H,1-3H3. The fourth-order valence-corrected chi connectivity index (χ4v) is 4.65. The molecule has 0 fully saturated rings. The molecule has 3 aromatic rings. The van der Waals surface area contributed by atoms with Crippen molar-refractivity contribution in [2.24, 2.45) is 0 Å². The van der Waals surface area contributed by atoms with Gasteiger partial charge in [-0.05, 0) is 68.3 Å². The topological polar surface area (TPSA) is 22.8 Å². The summed E-state index contributed by atoms with van der Waals surface area (Å²) in [5.74, 6) is 0.847. The van der Waals surface area contributed by atoms with Crippen molar-refractivity contribution < 1.29 is 0 Å². The molecule has 0 bridgehead atoms. The summed E-state index contributed by atoms with van der Waals surface area (Å²) < 4.78 is 4.80. The van der Waals surface area contributed by atoms with Crippen LogP contribution in [0.1, 0.15) is 0 Å². The van der Waals surface area contributed by atoms with Gasteiger partial charge in [-0.15, -0.1) is 0 Å². The zero-order chi connectivity index (χ0) is 16.6. The molecule has 3 rings (SSSR count). The maximum atomic E-state index is 6.02. The van der Waals surface area contributed by atoms with E-state index in [2.05, 4.69) is 19.6 Å². The summed E-state index contributed by atoms with van der Waals surface area (Å²) in [6, 6.07) is 17.8. The maximum absolute atomic E-state index is 6.02. The van der Waals surface area contributed by atoms with Crippen molar-refractivity contribution in [2.75, 3.05) is 0 Å². The number of hydrogen-bond acceptors (Lipinski definition) is 2. The zero-order valence-electron chi connectivity index (χ0n) is 13.3. The number of aromatic nitrogens is 3. The van der Waals surface area contributed by atoms with E-state index in [1.165, 1.54) is 0 Å². The monoisotopic (exact) mass is 359 g/mol. The van der Waals surface area contributed by atoms with Gasteiger partial charge < -0.3 is 0 Å². The molecule has 2 aromatic carbocycles. The first-order valence-electron chi connectivity index (χ1n) is 7.42. The van der Waals surface area contributed by atoms with E-state index in [1.54, 1.807) is 0 Å². The van der Waals surface area contributed by atoms with Crippen molar-refractivity contribution in [2.45, 2.75) is 19.6 Å². The van der Waals surface area contributed by atoms with Crippen LogP contribution in [0.15, 0.2) is 54.6 Å². The van der Waals surface area contributed by atoms with Gasteiger partial charge in [0.15, 0.2) is 18.8 Å². The summed E-state index contributed by atoms with van der Waals surface area (Å²) in [4.78, 5) is 0. The molecule has 118 valence electrons. The minimum Gasteiger partial charge on any atom is -0.269 e. The maximum Gasteiger partial charge on any atom is 0.194 e. The van der Waals surface area contributed by atoms with Crippen molar-refractivity contribution in [3.05, 3.63) is 64.4 Å². The highest BCUT2D eigenvalue weighted by Crippen LogP contribution is 2.25. The number of nitrogens with zero attached hydrogens (tertiary/aromatic N) is 3. The predicted octanol–water partition coefficient (Wildman–Crippen LogP) is 5.41. The third-order valence-electron chi connectivity index (χ3n) is 3.53. The first-order valence-corrected chi connectivity index (χ1v) is 11.7. The molecular formula is C17H18ClN3SSi. The van der Waals surface area contributed by atoms with E-state index in [0.29, 0.717) is 5.02 Å². The zero-order valence-corrected chi connectivity index (χ0v) is 15.9. The van der Waals surface area contributed by atoms with Crippen molar-refractivity contribution in [3.63, 3.8) is 0 Å². The van der Waals surface area contributed by atoms with Crippen LogP contribution in [-0.2, 0) is 0 Å². The summed E-state index contributed by atoms with van der Waals surface area (Å²) in [6.07, 6.45) is 0. The Morgan fingerprint density at radius 3 is 2.13 bits per heavy atom. The fraction of sp³-hybridized carbons (Fsp3) is 0.176.